The summed E-state index contributed by atoms with van der Waals surface area (Å²) in [4.78, 5) is 21.4. The highest BCUT2D eigenvalue weighted by Gasteiger charge is 2.19. The largest absolute Gasteiger partial charge is 0.497 e. The summed E-state index contributed by atoms with van der Waals surface area (Å²) < 4.78 is 13.3. The van der Waals surface area contributed by atoms with E-state index in [0.717, 1.165) is 47.7 Å². The lowest BCUT2D eigenvalue weighted by molar-refractivity contribution is 0.0937. The van der Waals surface area contributed by atoms with Crippen molar-refractivity contribution in [3.63, 3.8) is 0 Å². The Kier molecular flexibility index (Phi) is 7.19. The fraction of sp³-hybridized carbons (Fsp3) is 0.269. The molecule has 1 atom stereocenters. The molecule has 0 bridgehead atoms. The molecule has 0 fully saturated rings. The summed E-state index contributed by atoms with van der Waals surface area (Å²) in [6.07, 6.45) is 5.04. The zero-order chi connectivity index (χ0) is 23.0. The first-order valence-corrected chi connectivity index (χ1v) is 11.1. The van der Waals surface area contributed by atoms with E-state index in [1.54, 1.807) is 31.6 Å². The second-order valence-corrected chi connectivity index (χ2v) is 7.78. The molecule has 7 heteroatoms. The third kappa shape index (κ3) is 5.49. The number of amides is 1. The topological polar surface area (TPSA) is 78.3 Å². The number of fused-ring (bicyclic) bond motifs is 1. The summed E-state index contributed by atoms with van der Waals surface area (Å²) in [5.41, 5.74) is 2.56. The van der Waals surface area contributed by atoms with E-state index in [1.165, 1.54) is 0 Å². The van der Waals surface area contributed by atoms with Crippen LogP contribution in [0.5, 0.6) is 11.5 Å². The molecule has 0 aliphatic heterocycles. The van der Waals surface area contributed by atoms with Gasteiger partial charge >= 0.3 is 0 Å². The van der Waals surface area contributed by atoms with Crippen LogP contribution in [0.3, 0.4) is 0 Å². The van der Waals surface area contributed by atoms with Gasteiger partial charge in [0.25, 0.3) is 5.91 Å². The first kappa shape index (κ1) is 22.3. The highest BCUT2D eigenvalue weighted by atomic mass is 16.5. The second-order valence-electron chi connectivity index (χ2n) is 7.78. The number of pyridine rings is 1. The van der Waals surface area contributed by atoms with E-state index < -0.39 is 0 Å². The minimum atomic E-state index is -0.244. The molecular formula is C26H28N4O3. The predicted octanol–water partition coefficient (Wildman–Crippen LogP) is 4.79. The van der Waals surface area contributed by atoms with Crippen LogP contribution in [-0.2, 0) is 6.54 Å². The van der Waals surface area contributed by atoms with Gasteiger partial charge in [-0.05, 0) is 56.2 Å². The van der Waals surface area contributed by atoms with Crippen LogP contribution in [0, 0.1) is 0 Å². The van der Waals surface area contributed by atoms with Crippen LogP contribution < -0.4 is 14.8 Å². The molecule has 0 radical (unpaired) electrons. The quantitative estimate of drug-likeness (QED) is 0.356. The van der Waals surface area contributed by atoms with Gasteiger partial charge in [-0.25, -0.2) is 4.98 Å². The lowest BCUT2D eigenvalue weighted by atomic mass is 10.2. The van der Waals surface area contributed by atoms with E-state index in [0.29, 0.717) is 12.2 Å². The zero-order valence-corrected chi connectivity index (χ0v) is 18.9. The van der Waals surface area contributed by atoms with Gasteiger partial charge in [0, 0.05) is 30.6 Å². The van der Waals surface area contributed by atoms with Crippen LogP contribution in [0.15, 0.2) is 73.1 Å². The van der Waals surface area contributed by atoms with E-state index in [1.807, 2.05) is 49.4 Å². The molecule has 0 aliphatic rings. The fourth-order valence-electron chi connectivity index (χ4n) is 3.76. The Bertz CT molecular complexity index is 1210. The number of aryl methyl sites for hydroxylation is 1. The molecule has 4 rings (SSSR count). The molecule has 2 aromatic heterocycles. The van der Waals surface area contributed by atoms with E-state index in [-0.39, 0.29) is 11.9 Å². The van der Waals surface area contributed by atoms with Crippen molar-refractivity contribution >= 4 is 16.9 Å². The number of aromatic nitrogens is 3. The number of hydrogen-bond acceptors (Lipinski definition) is 5. The zero-order valence-electron chi connectivity index (χ0n) is 18.9. The highest BCUT2D eigenvalue weighted by Crippen LogP contribution is 2.23. The standard InChI is InChI=1S/C26H28N4O3/c1-19(28-26(31)20-12-14-27-15-13-20)25-29-23-10-3-4-11-24(23)30(25)16-5-6-17-33-22-9-7-8-21(18-22)32-2/h3-4,7-15,18-19H,5-6,16-17H2,1-2H3,(H,28,31). The van der Waals surface area contributed by atoms with Crippen LogP contribution in [0.25, 0.3) is 11.0 Å². The molecule has 33 heavy (non-hydrogen) atoms. The van der Waals surface area contributed by atoms with Crippen LogP contribution in [-0.4, -0.2) is 34.2 Å². The van der Waals surface area contributed by atoms with Gasteiger partial charge in [-0.3, -0.25) is 9.78 Å². The monoisotopic (exact) mass is 444 g/mol. The van der Waals surface area contributed by atoms with E-state index >= 15 is 0 Å². The summed E-state index contributed by atoms with van der Waals surface area (Å²) in [6, 6.07) is 18.8. The summed E-state index contributed by atoms with van der Waals surface area (Å²) in [7, 11) is 1.65. The van der Waals surface area contributed by atoms with Gasteiger partial charge in [0.05, 0.1) is 30.8 Å². The van der Waals surface area contributed by atoms with Crippen molar-refractivity contribution in [2.45, 2.75) is 32.4 Å². The smallest absolute Gasteiger partial charge is 0.251 e. The number of methoxy groups -OCH3 is 1. The number of nitrogens with one attached hydrogen (secondary N) is 1. The van der Waals surface area contributed by atoms with Gasteiger partial charge in [0.1, 0.15) is 17.3 Å². The summed E-state index contributed by atoms with van der Waals surface area (Å²) in [5, 5.41) is 3.06. The highest BCUT2D eigenvalue weighted by molar-refractivity contribution is 5.94. The number of unbranched alkanes of at least 4 members (excludes halogenated alkanes) is 1. The third-order valence-corrected chi connectivity index (χ3v) is 5.45. The number of nitrogens with zero attached hydrogens (tertiary/aromatic N) is 3. The minimum Gasteiger partial charge on any atom is -0.497 e. The molecule has 0 saturated carbocycles. The maximum Gasteiger partial charge on any atom is 0.251 e. The Morgan fingerprint density at radius 3 is 2.64 bits per heavy atom. The molecule has 7 nitrogen and oxygen atoms in total. The fourth-order valence-corrected chi connectivity index (χ4v) is 3.76. The Balaban J connectivity index is 1.41. The average molecular weight is 445 g/mol. The van der Waals surface area contributed by atoms with Gasteiger partial charge < -0.3 is 19.4 Å². The van der Waals surface area contributed by atoms with Crippen molar-refractivity contribution in [3.8, 4) is 11.5 Å². The number of benzene rings is 2. The van der Waals surface area contributed by atoms with Gasteiger partial charge in [-0.15, -0.1) is 0 Å². The van der Waals surface area contributed by atoms with Crippen LogP contribution in [0.2, 0.25) is 0 Å². The van der Waals surface area contributed by atoms with Crippen molar-refractivity contribution in [3.05, 3.63) is 84.4 Å². The molecule has 170 valence electrons. The summed E-state index contributed by atoms with van der Waals surface area (Å²) >= 11 is 0. The van der Waals surface area contributed by atoms with Crippen LogP contribution >= 0.6 is 0 Å². The third-order valence-electron chi connectivity index (χ3n) is 5.45. The molecule has 2 aromatic carbocycles. The van der Waals surface area contributed by atoms with Crippen molar-refractivity contribution < 1.29 is 14.3 Å². The second kappa shape index (κ2) is 10.6. The van der Waals surface area contributed by atoms with Crippen molar-refractivity contribution in [2.24, 2.45) is 0 Å². The molecule has 1 N–H and O–H groups in total. The predicted molar refractivity (Wildman–Crippen MR) is 128 cm³/mol. The molecule has 2 heterocycles. The van der Waals surface area contributed by atoms with E-state index in [4.69, 9.17) is 14.5 Å². The lowest BCUT2D eigenvalue weighted by Crippen LogP contribution is -2.28. The normalized spacial score (nSPS) is 11.8. The van der Waals surface area contributed by atoms with E-state index in [9.17, 15) is 4.79 Å². The molecule has 0 spiro atoms. The van der Waals surface area contributed by atoms with Crippen molar-refractivity contribution in [2.75, 3.05) is 13.7 Å². The summed E-state index contributed by atoms with van der Waals surface area (Å²) in [6.45, 7) is 3.36. The molecule has 4 aromatic rings. The first-order chi connectivity index (χ1) is 16.2. The molecule has 0 saturated heterocycles. The van der Waals surface area contributed by atoms with Gasteiger partial charge in [0.15, 0.2) is 0 Å². The molecule has 1 amide bonds. The first-order valence-electron chi connectivity index (χ1n) is 11.1. The maximum atomic E-state index is 12.6. The van der Waals surface area contributed by atoms with Gasteiger partial charge in [-0.2, -0.15) is 0 Å². The number of para-hydroxylation sites is 2. The Morgan fingerprint density at radius 2 is 1.82 bits per heavy atom. The Morgan fingerprint density at radius 1 is 1.03 bits per heavy atom. The molecular weight excluding hydrogens is 416 g/mol. The van der Waals surface area contributed by atoms with Gasteiger partial charge in [0.2, 0.25) is 0 Å². The molecule has 1 unspecified atom stereocenters. The maximum absolute atomic E-state index is 12.6. The number of carbonyl (C=O) groups is 1. The van der Waals surface area contributed by atoms with Crippen molar-refractivity contribution in [1.29, 1.82) is 0 Å². The number of imidazole rings is 1. The van der Waals surface area contributed by atoms with Gasteiger partial charge in [-0.1, -0.05) is 18.2 Å². The van der Waals surface area contributed by atoms with Crippen LogP contribution in [0.1, 0.15) is 42.0 Å². The number of hydrogen-bond donors (Lipinski definition) is 1. The Hall–Kier alpha value is -3.87. The number of ether oxygens (including phenoxy) is 2. The lowest BCUT2D eigenvalue weighted by Gasteiger charge is -2.16. The minimum absolute atomic E-state index is 0.143. The van der Waals surface area contributed by atoms with Crippen molar-refractivity contribution in [1.82, 2.24) is 19.9 Å². The van der Waals surface area contributed by atoms with E-state index in [2.05, 4.69) is 20.9 Å². The SMILES string of the molecule is COc1cccc(OCCCCn2c(C(C)NC(=O)c3ccncc3)nc3ccccc32)c1. The number of rotatable bonds is 10. The van der Waals surface area contributed by atoms with Crippen LogP contribution in [0.4, 0.5) is 0 Å². The average Bonchev–Trinajstić information content (AvgIpc) is 3.23. The molecule has 0 aliphatic carbocycles. The summed E-state index contributed by atoms with van der Waals surface area (Å²) in [5.74, 6) is 2.28. The Labute approximate surface area is 193 Å². The number of carbonyl (C=O) groups excluding carboxylic acids is 1.